The van der Waals surface area contributed by atoms with Crippen LogP contribution >= 0.6 is 0 Å². The number of nitrogens with one attached hydrogen (secondary N) is 1. The first-order valence-corrected chi connectivity index (χ1v) is 7.46. The molecule has 1 unspecified atom stereocenters. The summed E-state index contributed by atoms with van der Waals surface area (Å²) in [6.45, 7) is 2.07. The summed E-state index contributed by atoms with van der Waals surface area (Å²) in [5.41, 5.74) is 1.04. The summed E-state index contributed by atoms with van der Waals surface area (Å²) in [7, 11) is 0. The van der Waals surface area contributed by atoms with Gasteiger partial charge in [0.05, 0.1) is 0 Å². The third-order valence-corrected chi connectivity index (χ3v) is 4.59. The maximum atomic E-state index is 12.2. The Labute approximate surface area is 114 Å². The summed E-state index contributed by atoms with van der Waals surface area (Å²) in [6, 6.07) is 6.10. The van der Waals surface area contributed by atoms with Crippen LogP contribution < -0.4 is 5.32 Å². The van der Waals surface area contributed by atoms with Crippen LogP contribution in [0.4, 0.5) is 0 Å². The van der Waals surface area contributed by atoms with Gasteiger partial charge < -0.3 is 5.32 Å². The van der Waals surface area contributed by atoms with Crippen molar-refractivity contribution in [2.45, 2.75) is 45.1 Å². The molecular formula is C16H22N2O. The number of rotatable bonds is 4. The summed E-state index contributed by atoms with van der Waals surface area (Å²) in [6.07, 6.45) is 7.77. The molecule has 2 aliphatic rings. The van der Waals surface area contributed by atoms with Crippen molar-refractivity contribution in [3.05, 3.63) is 30.1 Å². The van der Waals surface area contributed by atoms with Gasteiger partial charge in [0.2, 0.25) is 5.91 Å². The van der Waals surface area contributed by atoms with Crippen molar-refractivity contribution in [2.24, 2.45) is 17.8 Å². The van der Waals surface area contributed by atoms with Crippen LogP contribution in [-0.2, 0) is 11.2 Å². The third kappa shape index (κ3) is 2.80. The number of hydrogen-bond acceptors (Lipinski definition) is 2. The predicted octanol–water partition coefficient (Wildman–Crippen LogP) is 2.57. The molecule has 2 aliphatic carbocycles. The van der Waals surface area contributed by atoms with E-state index in [0.717, 1.165) is 12.1 Å². The predicted molar refractivity (Wildman–Crippen MR) is 74.5 cm³/mol. The lowest BCUT2D eigenvalue weighted by Gasteiger charge is -2.13. The zero-order chi connectivity index (χ0) is 13.2. The molecule has 2 saturated carbocycles. The number of fused-ring (bicyclic) bond motifs is 1. The number of carbonyl (C=O) groups excluding carboxylic acids is 1. The highest BCUT2D eigenvalue weighted by Gasteiger charge is 2.54. The lowest BCUT2D eigenvalue weighted by Crippen LogP contribution is -2.36. The van der Waals surface area contributed by atoms with Gasteiger partial charge in [-0.1, -0.05) is 18.9 Å². The Morgan fingerprint density at radius 1 is 1.37 bits per heavy atom. The van der Waals surface area contributed by atoms with Crippen LogP contribution in [-0.4, -0.2) is 16.9 Å². The molecule has 0 radical (unpaired) electrons. The highest BCUT2D eigenvalue weighted by Crippen LogP contribution is 2.55. The molecule has 1 aromatic rings. The molecule has 3 nitrogen and oxygen atoms in total. The molecule has 1 heterocycles. The second-order valence-electron chi connectivity index (χ2n) is 6.07. The van der Waals surface area contributed by atoms with E-state index in [2.05, 4.69) is 17.2 Å². The molecular weight excluding hydrogens is 236 g/mol. The van der Waals surface area contributed by atoms with Crippen LogP contribution in [0.15, 0.2) is 24.4 Å². The number of carbonyl (C=O) groups is 1. The lowest BCUT2D eigenvalue weighted by molar-refractivity contribution is -0.123. The van der Waals surface area contributed by atoms with Gasteiger partial charge in [-0.05, 0) is 43.7 Å². The van der Waals surface area contributed by atoms with E-state index < -0.39 is 0 Å². The number of aromatic nitrogens is 1. The first-order chi connectivity index (χ1) is 9.25. The fourth-order valence-electron chi connectivity index (χ4n) is 3.60. The van der Waals surface area contributed by atoms with Gasteiger partial charge >= 0.3 is 0 Å². The average molecular weight is 258 g/mol. The molecule has 1 N–H and O–H groups in total. The van der Waals surface area contributed by atoms with Crippen LogP contribution in [0.1, 0.15) is 38.3 Å². The van der Waals surface area contributed by atoms with Crippen molar-refractivity contribution < 1.29 is 4.79 Å². The van der Waals surface area contributed by atoms with E-state index in [1.807, 2.05) is 18.2 Å². The van der Waals surface area contributed by atoms with Crippen LogP contribution in [0.2, 0.25) is 0 Å². The normalized spacial score (nSPS) is 30.3. The van der Waals surface area contributed by atoms with E-state index >= 15 is 0 Å². The zero-order valence-corrected chi connectivity index (χ0v) is 11.5. The van der Waals surface area contributed by atoms with Crippen LogP contribution in [0.3, 0.4) is 0 Å². The van der Waals surface area contributed by atoms with Gasteiger partial charge in [0.15, 0.2) is 0 Å². The van der Waals surface area contributed by atoms with Gasteiger partial charge in [-0.3, -0.25) is 9.78 Å². The van der Waals surface area contributed by atoms with E-state index in [1.54, 1.807) is 6.20 Å². The van der Waals surface area contributed by atoms with E-state index in [1.165, 1.54) is 25.7 Å². The Kier molecular flexibility index (Phi) is 3.54. The maximum absolute atomic E-state index is 12.2. The summed E-state index contributed by atoms with van der Waals surface area (Å²) in [5.74, 6) is 1.97. The quantitative estimate of drug-likeness (QED) is 0.902. The Balaban J connectivity index is 1.50. The van der Waals surface area contributed by atoms with Crippen molar-refractivity contribution in [1.82, 2.24) is 10.3 Å². The second kappa shape index (κ2) is 5.32. The molecule has 3 rings (SSSR count). The molecule has 0 bridgehead atoms. The Morgan fingerprint density at radius 3 is 2.74 bits per heavy atom. The van der Waals surface area contributed by atoms with E-state index in [-0.39, 0.29) is 11.9 Å². The summed E-state index contributed by atoms with van der Waals surface area (Å²) in [4.78, 5) is 16.5. The molecule has 0 aromatic carbocycles. The van der Waals surface area contributed by atoms with E-state index in [9.17, 15) is 4.79 Å². The highest BCUT2D eigenvalue weighted by atomic mass is 16.2. The first-order valence-electron chi connectivity index (χ1n) is 7.46. The van der Waals surface area contributed by atoms with Crippen LogP contribution in [0.25, 0.3) is 0 Å². The standard InChI is InChI=1S/C16H22N2O/c1-11(10-12-6-4-5-9-17-12)18-16(19)15-13-7-2-3-8-14(13)15/h4-6,9,11,13-15H,2-3,7-8,10H2,1H3,(H,18,19)/t11-,13-,14+,15?/m1/s1. The van der Waals surface area contributed by atoms with Crippen LogP contribution in [0, 0.1) is 17.8 Å². The molecule has 4 atom stereocenters. The van der Waals surface area contributed by atoms with E-state index in [4.69, 9.17) is 0 Å². The zero-order valence-electron chi connectivity index (χ0n) is 11.5. The number of amides is 1. The molecule has 2 fully saturated rings. The minimum Gasteiger partial charge on any atom is -0.353 e. The van der Waals surface area contributed by atoms with Crippen molar-refractivity contribution in [3.63, 3.8) is 0 Å². The number of pyridine rings is 1. The van der Waals surface area contributed by atoms with Gasteiger partial charge in [-0.15, -0.1) is 0 Å². The average Bonchev–Trinajstić information content (AvgIpc) is 3.14. The van der Waals surface area contributed by atoms with Crippen molar-refractivity contribution in [3.8, 4) is 0 Å². The minimum atomic E-state index is 0.171. The molecule has 0 aliphatic heterocycles. The topological polar surface area (TPSA) is 42.0 Å². The minimum absolute atomic E-state index is 0.171. The molecule has 1 aromatic heterocycles. The molecule has 0 spiro atoms. The largest absolute Gasteiger partial charge is 0.353 e. The fraction of sp³-hybridized carbons (Fsp3) is 0.625. The molecule has 1 amide bonds. The van der Waals surface area contributed by atoms with Gasteiger partial charge in [-0.2, -0.15) is 0 Å². The molecule has 3 heteroatoms. The molecule has 19 heavy (non-hydrogen) atoms. The summed E-state index contributed by atoms with van der Waals surface area (Å²) < 4.78 is 0. The van der Waals surface area contributed by atoms with Gasteiger partial charge in [0.1, 0.15) is 0 Å². The third-order valence-electron chi connectivity index (χ3n) is 4.59. The number of nitrogens with zero attached hydrogens (tertiary/aromatic N) is 1. The second-order valence-corrected chi connectivity index (χ2v) is 6.07. The lowest BCUT2D eigenvalue weighted by atomic mass is 10.0. The fourth-order valence-corrected chi connectivity index (χ4v) is 3.60. The van der Waals surface area contributed by atoms with Crippen molar-refractivity contribution >= 4 is 5.91 Å². The van der Waals surface area contributed by atoms with Crippen LogP contribution in [0.5, 0.6) is 0 Å². The Morgan fingerprint density at radius 2 is 2.11 bits per heavy atom. The van der Waals surface area contributed by atoms with Gasteiger partial charge in [0.25, 0.3) is 0 Å². The first kappa shape index (κ1) is 12.6. The highest BCUT2D eigenvalue weighted by molar-refractivity contribution is 5.82. The monoisotopic (exact) mass is 258 g/mol. The smallest absolute Gasteiger partial charge is 0.223 e. The van der Waals surface area contributed by atoms with Crippen molar-refractivity contribution in [2.75, 3.05) is 0 Å². The molecule has 0 saturated heterocycles. The Bertz CT molecular complexity index is 433. The molecule has 102 valence electrons. The van der Waals surface area contributed by atoms with Gasteiger partial charge in [0, 0.05) is 30.3 Å². The SMILES string of the molecule is C[C@H](Cc1ccccn1)NC(=O)C1[C@H]2CCCC[C@@H]12. The maximum Gasteiger partial charge on any atom is 0.223 e. The number of hydrogen-bond donors (Lipinski definition) is 1. The summed E-state index contributed by atoms with van der Waals surface area (Å²) in [5, 5.41) is 3.17. The van der Waals surface area contributed by atoms with Gasteiger partial charge in [-0.25, -0.2) is 0 Å². The Hall–Kier alpha value is -1.38. The summed E-state index contributed by atoms with van der Waals surface area (Å²) >= 11 is 0. The van der Waals surface area contributed by atoms with Crippen molar-refractivity contribution in [1.29, 1.82) is 0 Å². The van der Waals surface area contributed by atoms with E-state index in [0.29, 0.717) is 17.8 Å².